The Kier molecular flexibility index (Phi) is 5.80. The Labute approximate surface area is 289 Å². The highest BCUT2D eigenvalue weighted by molar-refractivity contribution is 7.25. The Bertz CT molecular complexity index is 3160. The molecule has 0 saturated heterocycles. The van der Waals surface area contributed by atoms with Crippen molar-refractivity contribution in [1.29, 1.82) is 0 Å². The lowest BCUT2D eigenvalue weighted by Gasteiger charge is -2.12. The maximum atomic E-state index is 6.88. The maximum absolute atomic E-state index is 6.88. The molecule has 8 aromatic carbocycles. The van der Waals surface area contributed by atoms with E-state index >= 15 is 0 Å². The zero-order chi connectivity index (χ0) is 32.8. The molecule has 0 fully saturated rings. The van der Waals surface area contributed by atoms with Crippen molar-refractivity contribution in [3.63, 3.8) is 0 Å². The monoisotopic (exact) mass is 655 g/mol. The molecule has 0 atom stereocenters. The summed E-state index contributed by atoms with van der Waals surface area (Å²) in [5.74, 6) is 1.88. The van der Waals surface area contributed by atoms with E-state index in [1.165, 1.54) is 25.6 Å². The van der Waals surface area contributed by atoms with Crippen LogP contribution in [0.3, 0.4) is 0 Å². The van der Waals surface area contributed by atoms with Gasteiger partial charge in [-0.3, -0.25) is 0 Å². The molecule has 4 nitrogen and oxygen atoms in total. The number of hydrogen-bond donors (Lipinski definition) is 0. The number of fused-ring (bicyclic) bond motifs is 11. The Balaban J connectivity index is 1.25. The summed E-state index contributed by atoms with van der Waals surface area (Å²) in [5.41, 5.74) is 4.49. The van der Waals surface area contributed by atoms with E-state index in [0.29, 0.717) is 17.5 Å². The minimum Gasteiger partial charge on any atom is -0.455 e. The van der Waals surface area contributed by atoms with Crippen LogP contribution < -0.4 is 0 Å². The fourth-order valence-electron chi connectivity index (χ4n) is 7.50. The van der Waals surface area contributed by atoms with E-state index in [0.717, 1.165) is 65.6 Å². The normalized spacial score (nSPS) is 12.0. The predicted octanol–water partition coefficient (Wildman–Crippen LogP) is 12.6. The Hall–Kier alpha value is -6.43. The van der Waals surface area contributed by atoms with Crippen molar-refractivity contribution in [1.82, 2.24) is 15.0 Å². The standard InChI is InChI=1S/C45H25N3OS/c1-2-11-27(12-3-1)43-46-44(31-20-21-39-34(24-31)33-16-8-9-17-38(33)50-39)48-45(47-43)36-23-30-19-18-26-10-6-7-15-32(26)40(30)42-41(36)35-22-28-13-4-5-14-29(28)25-37(35)49-42/h1-25H. The Morgan fingerprint density at radius 2 is 1.06 bits per heavy atom. The van der Waals surface area contributed by atoms with E-state index in [1.807, 2.05) is 29.5 Å². The molecule has 5 heteroatoms. The highest BCUT2D eigenvalue weighted by atomic mass is 32.1. The molecule has 0 aliphatic heterocycles. The number of nitrogens with zero attached hydrogens (tertiary/aromatic N) is 3. The van der Waals surface area contributed by atoms with E-state index < -0.39 is 0 Å². The number of hydrogen-bond acceptors (Lipinski definition) is 5. The van der Waals surface area contributed by atoms with Crippen LogP contribution in [-0.2, 0) is 0 Å². The average molecular weight is 656 g/mol. The fourth-order valence-corrected chi connectivity index (χ4v) is 8.59. The predicted molar refractivity (Wildman–Crippen MR) is 209 cm³/mol. The van der Waals surface area contributed by atoms with Gasteiger partial charge in [-0.15, -0.1) is 11.3 Å². The van der Waals surface area contributed by atoms with Gasteiger partial charge in [-0.1, -0.05) is 109 Å². The molecule has 11 rings (SSSR count). The van der Waals surface area contributed by atoms with Crippen LogP contribution in [0.4, 0.5) is 0 Å². The zero-order valence-electron chi connectivity index (χ0n) is 26.6. The first-order valence-electron chi connectivity index (χ1n) is 16.7. The first kappa shape index (κ1) is 27.5. The molecule has 0 unspecified atom stereocenters. The summed E-state index contributed by atoms with van der Waals surface area (Å²) in [5, 5.41) is 11.3. The molecule has 3 aromatic heterocycles. The molecule has 50 heavy (non-hydrogen) atoms. The SMILES string of the molecule is c1ccc(-c2nc(-c3ccc4sc5ccccc5c4c3)nc(-c3cc4ccc5ccccc5c4c4oc5cc6ccccc6cc5c34)n2)cc1. The van der Waals surface area contributed by atoms with Gasteiger partial charge >= 0.3 is 0 Å². The molecule has 0 spiro atoms. The second-order valence-electron chi connectivity index (χ2n) is 12.8. The highest BCUT2D eigenvalue weighted by Crippen LogP contribution is 2.44. The van der Waals surface area contributed by atoms with Crippen molar-refractivity contribution in [2.24, 2.45) is 0 Å². The quantitative estimate of drug-likeness (QED) is 0.178. The van der Waals surface area contributed by atoms with Crippen molar-refractivity contribution in [3.8, 4) is 34.2 Å². The first-order valence-corrected chi connectivity index (χ1v) is 17.5. The summed E-state index contributed by atoms with van der Waals surface area (Å²) in [7, 11) is 0. The summed E-state index contributed by atoms with van der Waals surface area (Å²) in [6, 6.07) is 53.2. The number of aromatic nitrogens is 3. The van der Waals surface area contributed by atoms with Crippen molar-refractivity contribution in [2.45, 2.75) is 0 Å². The van der Waals surface area contributed by atoms with Crippen LogP contribution in [0.1, 0.15) is 0 Å². The summed E-state index contributed by atoms with van der Waals surface area (Å²) < 4.78 is 9.40. The van der Waals surface area contributed by atoms with Gasteiger partial charge in [0.05, 0.1) is 0 Å². The fraction of sp³-hybridized carbons (Fsp3) is 0. The van der Waals surface area contributed by atoms with E-state index in [1.54, 1.807) is 0 Å². The lowest BCUT2D eigenvalue weighted by molar-refractivity contribution is 0.673. The topological polar surface area (TPSA) is 51.8 Å². The second kappa shape index (κ2) is 10.5. The van der Waals surface area contributed by atoms with E-state index in [2.05, 4.69) is 133 Å². The molecule has 0 aliphatic carbocycles. The van der Waals surface area contributed by atoms with Gasteiger partial charge < -0.3 is 4.42 Å². The molecule has 232 valence electrons. The lowest BCUT2D eigenvalue weighted by atomic mass is 9.95. The minimum absolute atomic E-state index is 0.611. The number of rotatable bonds is 3. The maximum Gasteiger partial charge on any atom is 0.164 e. The van der Waals surface area contributed by atoms with Gasteiger partial charge in [-0.05, 0) is 69.4 Å². The van der Waals surface area contributed by atoms with Gasteiger partial charge in [0, 0.05) is 53.0 Å². The van der Waals surface area contributed by atoms with Crippen LogP contribution in [0, 0.1) is 0 Å². The molecular formula is C45H25N3OS. The van der Waals surface area contributed by atoms with Gasteiger partial charge in [0.1, 0.15) is 11.2 Å². The molecule has 0 aliphatic rings. The van der Waals surface area contributed by atoms with Crippen LogP contribution in [0.15, 0.2) is 156 Å². The summed E-state index contributed by atoms with van der Waals surface area (Å²) in [6.07, 6.45) is 0. The third-order valence-corrected chi connectivity index (χ3v) is 11.0. The van der Waals surface area contributed by atoms with Crippen molar-refractivity contribution in [3.05, 3.63) is 152 Å². The zero-order valence-corrected chi connectivity index (χ0v) is 27.4. The average Bonchev–Trinajstić information content (AvgIpc) is 3.74. The van der Waals surface area contributed by atoms with Crippen LogP contribution in [0.5, 0.6) is 0 Å². The van der Waals surface area contributed by atoms with Crippen LogP contribution in [0.2, 0.25) is 0 Å². The Morgan fingerprint density at radius 3 is 1.92 bits per heavy atom. The van der Waals surface area contributed by atoms with Crippen LogP contribution in [0.25, 0.3) is 109 Å². The van der Waals surface area contributed by atoms with E-state index in [4.69, 9.17) is 19.4 Å². The Morgan fingerprint density at radius 1 is 0.400 bits per heavy atom. The van der Waals surface area contributed by atoms with Crippen LogP contribution in [-0.4, -0.2) is 15.0 Å². The summed E-state index contributed by atoms with van der Waals surface area (Å²) >= 11 is 1.81. The molecule has 0 saturated carbocycles. The van der Waals surface area contributed by atoms with Gasteiger partial charge in [-0.2, -0.15) is 0 Å². The third kappa shape index (κ3) is 4.14. The summed E-state index contributed by atoms with van der Waals surface area (Å²) in [6.45, 7) is 0. The van der Waals surface area contributed by atoms with Gasteiger partial charge in [-0.25, -0.2) is 15.0 Å². The van der Waals surface area contributed by atoms with Crippen LogP contribution >= 0.6 is 11.3 Å². The van der Waals surface area contributed by atoms with E-state index in [-0.39, 0.29) is 0 Å². The van der Waals surface area contributed by atoms with Crippen molar-refractivity contribution < 1.29 is 4.42 Å². The molecule has 0 radical (unpaired) electrons. The van der Waals surface area contributed by atoms with Crippen molar-refractivity contribution >= 4 is 85.8 Å². The third-order valence-electron chi connectivity index (χ3n) is 9.86. The highest BCUT2D eigenvalue weighted by Gasteiger charge is 2.22. The van der Waals surface area contributed by atoms with Gasteiger partial charge in [0.2, 0.25) is 0 Å². The molecule has 0 N–H and O–H groups in total. The summed E-state index contributed by atoms with van der Waals surface area (Å²) in [4.78, 5) is 15.6. The first-order chi connectivity index (χ1) is 24.7. The lowest BCUT2D eigenvalue weighted by Crippen LogP contribution is -2.00. The number of benzene rings is 8. The molecule has 3 heterocycles. The van der Waals surface area contributed by atoms with E-state index in [9.17, 15) is 0 Å². The smallest absolute Gasteiger partial charge is 0.164 e. The van der Waals surface area contributed by atoms with Gasteiger partial charge in [0.25, 0.3) is 0 Å². The second-order valence-corrected chi connectivity index (χ2v) is 13.9. The van der Waals surface area contributed by atoms with Crippen molar-refractivity contribution in [2.75, 3.05) is 0 Å². The van der Waals surface area contributed by atoms with Gasteiger partial charge in [0.15, 0.2) is 17.5 Å². The largest absolute Gasteiger partial charge is 0.455 e. The molecule has 0 amide bonds. The number of thiophene rings is 1. The molecular weight excluding hydrogens is 631 g/mol. The molecule has 11 aromatic rings. The minimum atomic E-state index is 0.611. The molecule has 0 bridgehead atoms. The number of furan rings is 1.